The number of anilines is 1. The molecule has 1 aliphatic heterocycles. The van der Waals surface area contributed by atoms with Gasteiger partial charge in [-0.2, -0.15) is 0 Å². The van der Waals surface area contributed by atoms with Gasteiger partial charge >= 0.3 is 0 Å². The molecule has 0 aliphatic carbocycles. The smallest absolute Gasteiger partial charge is 0.280 e. The van der Waals surface area contributed by atoms with Crippen LogP contribution in [0.2, 0.25) is 0 Å². The topological polar surface area (TPSA) is 58.1 Å². The maximum atomic E-state index is 12.1. The third kappa shape index (κ3) is 2.65. The number of rotatable bonds is 3. The summed E-state index contributed by atoms with van der Waals surface area (Å²) in [5, 5.41) is 3.44. The Morgan fingerprint density at radius 3 is 3.20 bits per heavy atom. The molecule has 3 heterocycles. The lowest BCUT2D eigenvalue weighted by Crippen LogP contribution is -2.25. The van der Waals surface area contributed by atoms with Crippen molar-refractivity contribution in [1.82, 2.24) is 15.3 Å². The molecule has 1 aliphatic rings. The number of carbonyl (C=O) groups is 1. The quantitative estimate of drug-likeness (QED) is 0.936. The molecule has 2 aromatic heterocycles. The van der Waals surface area contributed by atoms with Crippen LogP contribution in [0, 0.1) is 0 Å². The van der Waals surface area contributed by atoms with Crippen molar-refractivity contribution >= 4 is 23.1 Å². The average Bonchev–Trinajstić information content (AvgIpc) is 2.91. The predicted octanol–water partition coefficient (Wildman–Crippen LogP) is 1.85. The van der Waals surface area contributed by atoms with Crippen LogP contribution in [-0.2, 0) is 13.0 Å². The molecule has 0 unspecified atom stereocenters. The summed E-state index contributed by atoms with van der Waals surface area (Å²) >= 11 is 1.50. The Kier molecular flexibility index (Phi) is 3.64. The van der Waals surface area contributed by atoms with Crippen molar-refractivity contribution in [3.63, 3.8) is 0 Å². The van der Waals surface area contributed by atoms with Gasteiger partial charge in [0.25, 0.3) is 5.91 Å². The summed E-state index contributed by atoms with van der Waals surface area (Å²) in [5.41, 5.74) is 0.985. The minimum atomic E-state index is -0.110. The van der Waals surface area contributed by atoms with Crippen LogP contribution in [-0.4, -0.2) is 29.5 Å². The first kappa shape index (κ1) is 13.1. The largest absolute Gasteiger partial charge is 0.359 e. The van der Waals surface area contributed by atoms with Gasteiger partial charge in [-0.3, -0.25) is 9.78 Å². The summed E-state index contributed by atoms with van der Waals surface area (Å²) in [6, 6.07) is 3.80. The number of amides is 1. The fourth-order valence-electron chi connectivity index (χ4n) is 2.25. The highest BCUT2D eigenvalue weighted by molar-refractivity contribution is 7.14. The molecule has 0 saturated heterocycles. The molecule has 0 fully saturated rings. The molecule has 0 saturated carbocycles. The molecule has 3 rings (SSSR count). The molecule has 104 valence electrons. The van der Waals surface area contributed by atoms with Gasteiger partial charge in [-0.15, -0.1) is 11.3 Å². The molecule has 2 aromatic rings. The normalized spacial score (nSPS) is 13.9. The Labute approximate surface area is 121 Å². The first-order chi connectivity index (χ1) is 9.74. The van der Waals surface area contributed by atoms with Crippen molar-refractivity contribution in [1.29, 1.82) is 0 Å². The van der Waals surface area contributed by atoms with Gasteiger partial charge in [0, 0.05) is 37.4 Å². The number of hydrogen-bond acceptors (Lipinski definition) is 5. The van der Waals surface area contributed by atoms with Gasteiger partial charge in [0.1, 0.15) is 5.82 Å². The maximum Gasteiger partial charge on any atom is 0.280 e. The van der Waals surface area contributed by atoms with E-state index in [1.807, 2.05) is 19.2 Å². The standard InChI is InChI=1S/C14H16N4OS/c1-18-7-3-5-11-12(18)17-14(20-11)13(19)16-9-10-4-2-6-15-8-10/h2,4,6,8H,3,5,7,9H2,1H3,(H,16,19). The summed E-state index contributed by atoms with van der Waals surface area (Å²) in [6.45, 7) is 1.49. The SMILES string of the molecule is CN1CCCc2sc(C(=O)NCc3cccnc3)nc21. The highest BCUT2D eigenvalue weighted by Crippen LogP contribution is 2.30. The Morgan fingerprint density at radius 2 is 2.45 bits per heavy atom. The van der Waals surface area contributed by atoms with Crippen LogP contribution in [0.15, 0.2) is 24.5 Å². The first-order valence-electron chi connectivity index (χ1n) is 6.62. The van der Waals surface area contributed by atoms with E-state index in [0.717, 1.165) is 30.8 Å². The van der Waals surface area contributed by atoms with Gasteiger partial charge in [-0.05, 0) is 24.5 Å². The van der Waals surface area contributed by atoms with E-state index in [1.165, 1.54) is 16.2 Å². The summed E-state index contributed by atoms with van der Waals surface area (Å²) < 4.78 is 0. The van der Waals surface area contributed by atoms with Crippen molar-refractivity contribution in [3.8, 4) is 0 Å². The summed E-state index contributed by atoms with van der Waals surface area (Å²) in [4.78, 5) is 24.0. The summed E-state index contributed by atoms with van der Waals surface area (Å²) in [7, 11) is 2.02. The van der Waals surface area contributed by atoms with Crippen LogP contribution in [0.25, 0.3) is 0 Å². The molecule has 0 radical (unpaired) electrons. The Bertz CT molecular complexity index is 611. The minimum absolute atomic E-state index is 0.110. The predicted molar refractivity (Wildman–Crippen MR) is 79.1 cm³/mol. The van der Waals surface area contributed by atoms with Gasteiger partial charge < -0.3 is 10.2 Å². The number of fused-ring (bicyclic) bond motifs is 1. The van der Waals surface area contributed by atoms with E-state index >= 15 is 0 Å². The first-order valence-corrected chi connectivity index (χ1v) is 7.43. The van der Waals surface area contributed by atoms with E-state index in [1.54, 1.807) is 12.4 Å². The molecule has 1 N–H and O–H groups in total. The number of hydrogen-bond donors (Lipinski definition) is 1. The maximum absolute atomic E-state index is 12.1. The molecule has 5 nitrogen and oxygen atoms in total. The number of nitrogens with one attached hydrogen (secondary N) is 1. The highest BCUT2D eigenvalue weighted by atomic mass is 32.1. The highest BCUT2D eigenvalue weighted by Gasteiger charge is 2.21. The molecule has 20 heavy (non-hydrogen) atoms. The number of nitrogens with zero attached hydrogens (tertiary/aromatic N) is 3. The Morgan fingerprint density at radius 1 is 1.55 bits per heavy atom. The minimum Gasteiger partial charge on any atom is -0.359 e. The van der Waals surface area contributed by atoms with Gasteiger partial charge in [0.2, 0.25) is 0 Å². The van der Waals surface area contributed by atoms with Gasteiger partial charge in [0.15, 0.2) is 5.01 Å². The second-order valence-corrected chi connectivity index (χ2v) is 5.92. The number of pyridine rings is 1. The fourth-order valence-corrected chi connectivity index (χ4v) is 3.31. The average molecular weight is 288 g/mol. The molecule has 6 heteroatoms. The molecule has 1 amide bonds. The van der Waals surface area contributed by atoms with Gasteiger partial charge in [-0.25, -0.2) is 4.98 Å². The van der Waals surface area contributed by atoms with E-state index < -0.39 is 0 Å². The van der Waals surface area contributed by atoms with Crippen molar-refractivity contribution in [2.45, 2.75) is 19.4 Å². The van der Waals surface area contributed by atoms with Gasteiger partial charge in [-0.1, -0.05) is 6.07 Å². The van der Waals surface area contributed by atoms with E-state index in [9.17, 15) is 4.79 Å². The molecule has 0 bridgehead atoms. The Hall–Kier alpha value is -1.95. The van der Waals surface area contributed by atoms with Crippen LogP contribution >= 0.6 is 11.3 Å². The number of aromatic nitrogens is 2. The van der Waals surface area contributed by atoms with Crippen molar-refractivity contribution < 1.29 is 4.79 Å². The second-order valence-electron chi connectivity index (χ2n) is 4.83. The molecule has 0 aromatic carbocycles. The van der Waals surface area contributed by atoms with Crippen LogP contribution in [0.1, 0.15) is 26.7 Å². The lowest BCUT2D eigenvalue weighted by molar-refractivity contribution is 0.0950. The van der Waals surface area contributed by atoms with Crippen LogP contribution in [0.4, 0.5) is 5.82 Å². The molecule has 0 atom stereocenters. The molecule has 0 spiro atoms. The van der Waals surface area contributed by atoms with Crippen LogP contribution in [0.3, 0.4) is 0 Å². The van der Waals surface area contributed by atoms with Crippen LogP contribution in [0.5, 0.6) is 0 Å². The summed E-state index contributed by atoms with van der Waals surface area (Å²) in [5.74, 6) is 0.856. The second kappa shape index (κ2) is 5.58. The number of thiazole rings is 1. The lowest BCUT2D eigenvalue weighted by Gasteiger charge is -2.22. The van der Waals surface area contributed by atoms with E-state index in [4.69, 9.17) is 0 Å². The zero-order valence-electron chi connectivity index (χ0n) is 11.3. The third-order valence-electron chi connectivity index (χ3n) is 3.31. The van der Waals surface area contributed by atoms with E-state index in [-0.39, 0.29) is 5.91 Å². The number of aryl methyl sites for hydroxylation is 1. The fraction of sp³-hybridized carbons (Fsp3) is 0.357. The zero-order valence-corrected chi connectivity index (χ0v) is 12.1. The van der Waals surface area contributed by atoms with Crippen molar-refractivity contribution in [3.05, 3.63) is 40.0 Å². The van der Waals surface area contributed by atoms with E-state index in [2.05, 4.69) is 20.2 Å². The van der Waals surface area contributed by atoms with E-state index in [0.29, 0.717) is 11.6 Å². The van der Waals surface area contributed by atoms with Crippen molar-refractivity contribution in [2.24, 2.45) is 0 Å². The molecular weight excluding hydrogens is 272 g/mol. The van der Waals surface area contributed by atoms with Gasteiger partial charge in [0.05, 0.1) is 0 Å². The third-order valence-corrected chi connectivity index (χ3v) is 4.41. The lowest BCUT2D eigenvalue weighted by atomic mass is 10.2. The summed E-state index contributed by atoms with van der Waals surface area (Å²) in [6.07, 6.45) is 5.62. The number of carbonyl (C=O) groups excluding carboxylic acids is 1. The zero-order chi connectivity index (χ0) is 13.9. The van der Waals surface area contributed by atoms with Crippen molar-refractivity contribution in [2.75, 3.05) is 18.5 Å². The monoisotopic (exact) mass is 288 g/mol. The Balaban J connectivity index is 1.69. The molecular formula is C14H16N4OS. The van der Waals surface area contributed by atoms with Crippen LogP contribution < -0.4 is 10.2 Å².